The summed E-state index contributed by atoms with van der Waals surface area (Å²) >= 11 is 0. The maximum absolute atomic E-state index is 4.19. The van der Waals surface area contributed by atoms with Crippen LogP contribution >= 0.6 is 0 Å². The van der Waals surface area contributed by atoms with Gasteiger partial charge in [0, 0.05) is 0 Å². The van der Waals surface area contributed by atoms with E-state index in [4.69, 9.17) is 0 Å². The number of hydrogen-bond donors (Lipinski definition) is 0. The molecule has 2 aliphatic carbocycles. The number of allylic oxidation sites excluding steroid dienone is 1. The molecule has 0 amide bonds. The molecule has 0 heteroatoms. The van der Waals surface area contributed by atoms with E-state index in [9.17, 15) is 0 Å². The maximum atomic E-state index is 4.19. The molecule has 8 atom stereocenters. The standard InChI is InChI=1S/C21H38/c1-7-9-18-10-11-20-16(5)14(3)12-15(4)19(8-2)17(6)21(20)13-18/h8,14-21H,2,7,9-13H2,1,3-6H3. The zero-order valence-corrected chi connectivity index (χ0v) is 15.1. The first kappa shape index (κ1) is 17.1. The molecule has 0 aliphatic heterocycles. The first-order valence-corrected chi connectivity index (χ1v) is 9.62. The molecular formula is C21H38. The van der Waals surface area contributed by atoms with Crippen molar-refractivity contribution in [3.63, 3.8) is 0 Å². The molecule has 122 valence electrons. The molecule has 0 radical (unpaired) electrons. The second-order valence-corrected chi connectivity index (χ2v) is 8.52. The fourth-order valence-corrected chi connectivity index (χ4v) is 5.88. The zero-order valence-electron chi connectivity index (χ0n) is 15.1. The fourth-order valence-electron chi connectivity index (χ4n) is 5.88. The highest BCUT2D eigenvalue weighted by molar-refractivity contribution is 4.97. The van der Waals surface area contributed by atoms with Crippen LogP contribution < -0.4 is 0 Å². The topological polar surface area (TPSA) is 0 Å². The summed E-state index contributed by atoms with van der Waals surface area (Å²) in [6.45, 7) is 16.6. The van der Waals surface area contributed by atoms with Crippen molar-refractivity contribution in [3.05, 3.63) is 12.7 Å². The van der Waals surface area contributed by atoms with Crippen molar-refractivity contribution in [2.24, 2.45) is 47.3 Å². The van der Waals surface area contributed by atoms with Gasteiger partial charge in [-0.3, -0.25) is 0 Å². The Kier molecular flexibility index (Phi) is 5.97. The summed E-state index contributed by atoms with van der Waals surface area (Å²) in [4.78, 5) is 0. The highest BCUT2D eigenvalue weighted by atomic mass is 14.5. The summed E-state index contributed by atoms with van der Waals surface area (Å²) < 4.78 is 0. The highest BCUT2D eigenvalue weighted by Crippen LogP contribution is 2.50. The molecule has 0 nitrogen and oxygen atoms in total. The molecule has 0 aromatic carbocycles. The van der Waals surface area contributed by atoms with Crippen molar-refractivity contribution in [1.82, 2.24) is 0 Å². The van der Waals surface area contributed by atoms with Crippen molar-refractivity contribution < 1.29 is 0 Å². The van der Waals surface area contributed by atoms with Crippen molar-refractivity contribution in [1.29, 1.82) is 0 Å². The van der Waals surface area contributed by atoms with Crippen molar-refractivity contribution >= 4 is 0 Å². The molecule has 2 rings (SSSR count). The van der Waals surface area contributed by atoms with Gasteiger partial charge in [0.2, 0.25) is 0 Å². The Morgan fingerprint density at radius 3 is 2.24 bits per heavy atom. The molecule has 21 heavy (non-hydrogen) atoms. The van der Waals surface area contributed by atoms with E-state index in [1.165, 1.54) is 38.5 Å². The van der Waals surface area contributed by atoms with E-state index in [1.54, 1.807) is 0 Å². The van der Waals surface area contributed by atoms with Crippen LogP contribution in [-0.2, 0) is 0 Å². The van der Waals surface area contributed by atoms with Gasteiger partial charge in [-0.1, -0.05) is 60.0 Å². The third-order valence-electron chi connectivity index (χ3n) is 7.29. The Hall–Kier alpha value is -0.260. The molecule has 2 aliphatic rings. The summed E-state index contributed by atoms with van der Waals surface area (Å²) in [5.41, 5.74) is 0. The zero-order chi connectivity index (χ0) is 15.6. The van der Waals surface area contributed by atoms with E-state index in [-0.39, 0.29) is 0 Å². The summed E-state index contributed by atoms with van der Waals surface area (Å²) in [7, 11) is 0. The molecule has 0 heterocycles. The molecule has 8 unspecified atom stereocenters. The Morgan fingerprint density at radius 2 is 1.62 bits per heavy atom. The van der Waals surface area contributed by atoms with Crippen molar-refractivity contribution in [2.45, 2.75) is 73.1 Å². The lowest BCUT2D eigenvalue weighted by atomic mass is 9.56. The molecule has 2 fully saturated rings. The Morgan fingerprint density at radius 1 is 0.905 bits per heavy atom. The van der Waals surface area contributed by atoms with Crippen LogP contribution in [0.1, 0.15) is 73.1 Å². The molecule has 0 spiro atoms. The lowest BCUT2D eigenvalue weighted by Crippen LogP contribution is -2.41. The van der Waals surface area contributed by atoms with Gasteiger partial charge in [0.05, 0.1) is 0 Å². The van der Waals surface area contributed by atoms with Crippen LogP contribution in [0, 0.1) is 47.3 Å². The average molecular weight is 291 g/mol. The minimum absolute atomic E-state index is 0.729. The van der Waals surface area contributed by atoms with E-state index in [1.807, 2.05) is 0 Å². The van der Waals surface area contributed by atoms with Crippen LogP contribution in [0.3, 0.4) is 0 Å². The van der Waals surface area contributed by atoms with Gasteiger partial charge >= 0.3 is 0 Å². The van der Waals surface area contributed by atoms with Gasteiger partial charge in [0.25, 0.3) is 0 Å². The monoisotopic (exact) mass is 290 g/mol. The van der Waals surface area contributed by atoms with Crippen molar-refractivity contribution in [2.75, 3.05) is 0 Å². The van der Waals surface area contributed by atoms with Gasteiger partial charge in [-0.2, -0.15) is 0 Å². The molecule has 2 saturated carbocycles. The van der Waals surface area contributed by atoms with Gasteiger partial charge in [-0.15, -0.1) is 6.58 Å². The highest BCUT2D eigenvalue weighted by Gasteiger charge is 2.42. The summed E-state index contributed by atoms with van der Waals surface area (Å²) in [6.07, 6.45) is 11.0. The van der Waals surface area contributed by atoms with Crippen LogP contribution in [0.5, 0.6) is 0 Å². The second-order valence-electron chi connectivity index (χ2n) is 8.52. The molecular weight excluding hydrogens is 252 g/mol. The summed E-state index contributed by atoms with van der Waals surface area (Å²) in [5.74, 6) is 7.07. The third kappa shape index (κ3) is 3.57. The third-order valence-corrected chi connectivity index (χ3v) is 7.29. The fraction of sp³-hybridized carbons (Fsp3) is 0.905. The minimum Gasteiger partial charge on any atom is -0.103 e. The Labute approximate surface area is 133 Å². The van der Waals surface area contributed by atoms with Crippen LogP contribution in [0.25, 0.3) is 0 Å². The predicted octanol–water partition coefficient (Wildman–Crippen LogP) is 6.57. The first-order valence-electron chi connectivity index (χ1n) is 9.62. The Bertz CT molecular complexity index is 331. The van der Waals surface area contributed by atoms with Gasteiger partial charge < -0.3 is 0 Å². The SMILES string of the molecule is C=CC1C(C)CC(C)C(C)C2CCC(CCC)CC2C1C. The molecule has 0 aromatic heterocycles. The largest absolute Gasteiger partial charge is 0.103 e. The van der Waals surface area contributed by atoms with E-state index in [0.717, 1.165) is 47.3 Å². The number of rotatable bonds is 3. The van der Waals surface area contributed by atoms with Crippen LogP contribution in [0.4, 0.5) is 0 Å². The first-order chi connectivity index (χ1) is 9.99. The average Bonchev–Trinajstić information content (AvgIpc) is 2.46. The van der Waals surface area contributed by atoms with Gasteiger partial charge in [-0.25, -0.2) is 0 Å². The van der Waals surface area contributed by atoms with E-state index in [0.29, 0.717) is 0 Å². The van der Waals surface area contributed by atoms with Gasteiger partial charge in [0.1, 0.15) is 0 Å². The van der Waals surface area contributed by atoms with Gasteiger partial charge in [-0.05, 0) is 66.6 Å². The minimum atomic E-state index is 0.729. The summed E-state index contributed by atoms with van der Waals surface area (Å²) in [6, 6.07) is 0. The lowest BCUT2D eigenvalue weighted by molar-refractivity contribution is 0.0128. The smallest absolute Gasteiger partial charge is 0.0182 e. The summed E-state index contributed by atoms with van der Waals surface area (Å²) in [5, 5.41) is 0. The van der Waals surface area contributed by atoms with Gasteiger partial charge in [0.15, 0.2) is 0 Å². The van der Waals surface area contributed by atoms with E-state index in [2.05, 4.69) is 47.3 Å². The predicted molar refractivity (Wildman–Crippen MR) is 94.2 cm³/mol. The van der Waals surface area contributed by atoms with E-state index < -0.39 is 0 Å². The normalized spacial score (nSPS) is 48.0. The Balaban J connectivity index is 2.23. The molecule has 0 saturated heterocycles. The molecule has 0 N–H and O–H groups in total. The second kappa shape index (κ2) is 7.34. The van der Waals surface area contributed by atoms with Crippen LogP contribution in [-0.4, -0.2) is 0 Å². The lowest BCUT2D eigenvalue weighted by Gasteiger charge is -2.49. The molecule has 0 bridgehead atoms. The number of hydrogen-bond acceptors (Lipinski definition) is 0. The maximum Gasteiger partial charge on any atom is -0.0182 e. The van der Waals surface area contributed by atoms with Crippen molar-refractivity contribution in [3.8, 4) is 0 Å². The molecule has 0 aromatic rings. The van der Waals surface area contributed by atoms with Crippen LogP contribution in [0.2, 0.25) is 0 Å². The van der Waals surface area contributed by atoms with Crippen LogP contribution in [0.15, 0.2) is 12.7 Å². The van der Waals surface area contributed by atoms with E-state index >= 15 is 0 Å². The number of fused-ring (bicyclic) bond motifs is 1. The quantitative estimate of drug-likeness (QED) is 0.516.